The van der Waals surface area contributed by atoms with Crippen molar-refractivity contribution in [1.29, 1.82) is 0 Å². The molecule has 0 fully saturated rings. The van der Waals surface area contributed by atoms with Crippen molar-refractivity contribution >= 4 is 5.97 Å². The van der Waals surface area contributed by atoms with E-state index in [0.717, 1.165) is 0 Å². The number of aliphatic carboxylic acids is 1. The molecule has 11 heavy (non-hydrogen) atoms. The van der Waals surface area contributed by atoms with Gasteiger partial charge in [0.1, 0.15) is 18.9 Å². The van der Waals surface area contributed by atoms with Gasteiger partial charge in [-0.2, -0.15) is 0 Å². The summed E-state index contributed by atoms with van der Waals surface area (Å²) < 4.78 is 3.72. The van der Waals surface area contributed by atoms with Gasteiger partial charge in [-0.15, -0.1) is 0 Å². The van der Waals surface area contributed by atoms with Crippen LogP contribution in [0.4, 0.5) is 0 Å². The number of aryl methyl sites for hydroxylation is 2. The third kappa shape index (κ3) is 2.41. The van der Waals surface area contributed by atoms with Gasteiger partial charge in [0.05, 0.1) is 13.5 Å². The van der Waals surface area contributed by atoms with E-state index < -0.39 is 5.97 Å². The molecule has 1 N–H and O–H groups in total. The summed E-state index contributed by atoms with van der Waals surface area (Å²) in [5, 5.41) is 8.36. The van der Waals surface area contributed by atoms with Gasteiger partial charge >= 0.3 is 5.97 Å². The molecule has 0 amide bonds. The van der Waals surface area contributed by atoms with Gasteiger partial charge in [-0.1, -0.05) is 0 Å². The van der Waals surface area contributed by atoms with Crippen LogP contribution < -0.4 is 4.57 Å². The predicted molar refractivity (Wildman–Crippen MR) is 37.9 cm³/mol. The summed E-state index contributed by atoms with van der Waals surface area (Å²) in [6, 6.07) is 0. The normalized spacial score (nSPS) is 9.91. The first kappa shape index (κ1) is 7.78. The van der Waals surface area contributed by atoms with Gasteiger partial charge in [0, 0.05) is 0 Å². The zero-order valence-corrected chi connectivity index (χ0v) is 6.40. The smallest absolute Gasteiger partial charge is 0.307 e. The Hall–Kier alpha value is -1.32. The number of carbonyl (C=O) groups is 1. The van der Waals surface area contributed by atoms with Crippen LogP contribution in [0.1, 0.15) is 6.42 Å². The number of nitrogens with zero attached hydrogens (tertiary/aromatic N) is 2. The zero-order chi connectivity index (χ0) is 8.27. The lowest BCUT2D eigenvalue weighted by molar-refractivity contribution is -0.671. The largest absolute Gasteiger partial charge is 0.481 e. The monoisotopic (exact) mass is 155 g/mol. The molecule has 1 aromatic heterocycles. The highest BCUT2D eigenvalue weighted by molar-refractivity contribution is 5.66. The van der Waals surface area contributed by atoms with Crippen molar-refractivity contribution in [2.75, 3.05) is 0 Å². The minimum Gasteiger partial charge on any atom is -0.481 e. The van der Waals surface area contributed by atoms with Crippen molar-refractivity contribution in [3.05, 3.63) is 18.7 Å². The molecule has 0 radical (unpaired) electrons. The first-order chi connectivity index (χ1) is 5.18. The summed E-state index contributed by atoms with van der Waals surface area (Å²) in [4.78, 5) is 10.2. The standard InChI is InChI=1S/C7H10N2O2/c1-8-4-5-9(6-8)3-2-7(10)11/h4-6H,2-3H2,1H3/p+1. The van der Waals surface area contributed by atoms with E-state index >= 15 is 0 Å². The Labute approximate surface area is 64.7 Å². The van der Waals surface area contributed by atoms with E-state index in [2.05, 4.69) is 0 Å². The van der Waals surface area contributed by atoms with Crippen LogP contribution in [0.15, 0.2) is 18.7 Å². The molecule has 4 heteroatoms. The quantitative estimate of drug-likeness (QED) is 0.614. The number of hydrogen-bond acceptors (Lipinski definition) is 1. The predicted octanol–water partition coefficient (Wildman–Crippen LogP) is -0.213. The van der Waals surface area contributed by atoms with Crippen LogP contribution in [0.2, 0.25) is 0 Å². The van der Waals surface area contributed by atoms with Crippen LogP contribution >= 0.6 is 0 Å². The molecular formula is C7H11N2O2+. The Kier molecular flexibility index (Phi) is 2.25. The minimum atomic E-state index is -0.763. The summed E-state index contributed by atoms with van der Waals surface area (Å²) in [7, 11) is 1.90. The second-order valence-corrected chi connectivity index (χ2v) is 2.46. The fraction of sp³-hybridized carbons (Fsp3) is 0.429. The van der Waals surface area contributed by atoms with Gasteiger partial charge in [-0.25, -0.2) is 9.13 Å². The molecule has 0 spiro atoms. The van der Waals surface area contributed by atoms with Crippen LogP contribution in [-0.2, 0) is 18.4 Å². The number of carboxylic acid groups (broad SMARTS) is 1. The highest BCUT2D eigenvalue weighted by atomic mass is 16.4. The van der Waals surface area contributed by atoms with Crippen LogP contribution in [0.25, 0.3) is 0 Å². The van der Waals surface area contributed by atoms with E-state index in [1.807, 2.05) is 34.9 Å². The Bertz CT molecular complexity index is 255. The third-order valence-corrected chi connectivity index (χ3v) is 1.41. The fourth-order valence-electron chi connectivity index (χ4n) is 0.859. The zero-order valence-electron chi connectivity index (χ0n) is 6.40. The molecule has 0 unspecified atom stereocenters. The number of imidazole rings is 1. The maximum absolute atomic E-state index is 10.2. The Morgan fingerprint density at radius 1 is 1.73 bits per heavy atom. The van der Waals surface area contributed by atoms with Crippen LogP contribution in [0.5, 0.6) is 0 Å². The molecule has 1 aromatic rings. The summed E-state index contributed by atoms with van der Waals surface area (Å²) in [5.41, 5.74) is 0. The van der Waals surface area contributed by atoms with Crippen molar-refractivity contribution < 1.29 is 14.5 Å². The SMILES string of the molecule is C[n+]1ccn(CCC(=O)O)c1. The summed E-state index contributed by atoms with van der Waals surface area (Å²) >= 11 is 0. The lowest BCUT2D eigenvalue weighted by Gasteiger charge is -1.89. The van der Waals surface area contributed by atoms with E-state index in [1.165, 1.54) is 0 Å². The maximum Gasteiger partial charge on any atom is 0.307 e. The summed E-state index contributed by atoms with van der Waals surface area (Å²) in [5.74, 6) is -0.763. The fourth-order valence-corrected chi connectivity index (χ4v) is 0.859. The first-order valence-electron chi connectivity index (χ1n) is 3.41. The molecule has 0 aliphatic carbocycles. The second-order valence-electron chi connectivity index (χ2n) is 2.46. The lowest BCUT2D eigenvalue weighted by atomic mass is 10.4. The van der Waals surface area contributed by atoms with E-state index in [4.69, 9.17) is 5.11 Å². The molecule has 0 aliphatic rings. The average Bonchev–Trinajstić information content (AvgIpc) is 2.31. The Morgan fingerprint density at radius 3 is 2.91 bits per heavy atom. The lowest BCUT2D eigenvalue weighted by Crippen LogP contribution is -2.23. The number of hydrogen-bond donors (Lipinski definition) is 1. The topological polar surface area (TPSA) is 46.1 Å². The minimum absolute atomic E-state index is 0.175. The highest BCUT2D eigenvalue weighted by Crippen LogP contribution is 1.88. The molecule has 1 rings (SSSR count). The van der Waals surface area contributed by atoms with Gasteiger partial charge < -0.3 is 5.11 Å². The summed E-state index contributed by atoms with van der Waals surface area (Å²) in [6.07, 6.45) is 5.75. The molecule has 0 aliphatic heterocycles. The molecule has 60 valence electrons. The Morgan fingerprint density at radius 2 is 2.45 bits per heavy atom. The van der Waals surface area contributed by atoms with Crippen molar-refractivity contribution in [2.45, 2.75) is 13.0 Å². The molecule has 0 saturated carbocycles. The van der Waals surface area contributed by atoms with E-state index in [1.54, 1.807) is 0 Å². The van der Waals surface area contributed by atoms with Gasteiger partial charge in [0.25, 0.3) is 0 Å². The number of aromatic nitrogens is 2. The van der Waals surface area contributed by atoms with Crippen molar-refractivity contribution in [1.82, 2.24) is 4.57 Å². The average molecular weight is 155 g/mol. The molecule has 0 saturated heterocycles. The molecule has 0 bridgehead atoms. The highest BCUT2D eigenvalue weighted by Gasteiger charge is 2.02. The third-order valence-electron chi connectivity index (χ3n) is 1.41. The van der Waals surface area contributed by atoms with E-state index in [9.17, 15) is 4.79 Å². The van der Waals surface area contributed by atoms with E-state index in [0.29, 0.717) is 6.54 Å². The van der Waals surface area contributed by atoms with Crippen LogP contribution in [-0.4, -0.2) is 15.6 Å². The van der Waals surface area contributed by atoms with E-state index in [-0.39, 0.29) is 6.42 Å². The summed E-state index contributed by atoms with van der Waals surface area (Å²) in [6.45, 7) is 0.538. The Balaban J connectivity index is 2.45. The number of carboxylic acids is 1. The second kappa shape index (κ2) is 3.18. The van der Waals surface area contributed by atoms with Crippen molar-refractivity contribution in [3.8, 4) is 0 Å². The molecule has 0 aromatic carbocycles. The first-order valence-corrected chi connectivity index (χ1v) is 3.41. The van der Waals surface area contributed by atoms with Gasteiger partial charge in [0.15, 0.2) is 0 Å². The van der Waals surface area contributed by atoms with Crippen LogP contribution in [0.3, 0.4) is 0 Å². The molecule has 1 heterocycles. The molecular weight excluding hydrogens is 144 g/mol. The van der Waals surface area contributed by atoms with Crippen molar-refractivity contribution in [2.24, 2.45) is 7.05 Å². The maximum atomic E-state index is 10.2. The van der Waals surface area contributed by atoms with Gasteiger partial charge in [-0.05, 0) is 0 Å². The molecule has 4 nitrogen and oxygen atoms in total. The van der Waals surface area contributed by atoms with Crippen molar-refractivity contribution in [3.63, 3.8) is 0 Å². The molecule has 0 atom stereocenters. The van der Waals surface area contributed by atoms with Crippen LogP contribution in [0, 0.1) is 0 Å². The van der Waals surface area contributed by atoms with Gasteiger partial charge in [0.2, 0.25) is 6.33 Å². The number of rotatable bonds is 3. The van der Waals surface area contributed by atoms with Gasteiger partial charge in [-0.3, -0.25) is 4.79 Å².